The molecule has 0 aliphatic carbocycles. The van der Waals surface area contributed by atoms with Crippen molar-refractivity contribution in [1.82, 2.24) is 0 Å². The third kappa shape index (κ3) is 4.63. The maximum absolute atomic E-state index is 13.0. The van der Waals surface area contributed by atoms with Crippen molar-refractivity contribution in [3.63, 3.8) is 0 Å². The Hall–Kier alpha value is -2.73. The molecule has 2 rings (SSSR count). The van der Waals surface area contributed by atoms with Gasteiger partial charge in [-0.05, 0) is 42.0 Å². The van der Waals surface area contributed by atoms with Crippen LogP contribution >= 0.6 is 11.6 Å². The van der Waals surface area contributed by atoms with E-state index in [9.17, 15) is 18.8 Å². The third-order valence-corrected chi connectivity index (χ3v) is 3.50. The van der Waals surface area contributed by atoms with Crippen LogP contribution in [-0.2, 0) is 20.9 Å². The Kier molecular flexibility index (Phi) is 5.65. The normalized spacial score (nSPS) is 10.2. The molecule has 0 fully saturated rings. The van der Waals surface area contributed by atoms with Crippen molar-refractivity contribution in [2.45, 2.75) is 13.0 Å². The number of anilines is 1. The first-order chi connectivity index (χ1) is 11.4. The van der Waals surface area contributed by atoms with E-state index in [0.29, 0.717) is 16.3 Å². The zero-order valence-electron chi connectivity index (χ0n) is 12.4. The zero-order chi connectivity index (χ0) is 17.7. The quantitative estimate of drug-likeness (QED) is 0.642. The number of ketones is 1. The molecular weight excluding hydrogens is 337 g/mol. The van der Waals surface area contributed by atoms with E-state index in [-0.39, 0.29) is 6.54 Å². The Morgan fingerprint density at radius 3 is 2.12 bits per heavy atom. The lowest BCUT2D eigenvalue weighted by Crippen LogP contribution is -2.33. The molecule has 0 saturated carbocycles. The molecule has 7 heteroatoms. The predicted molar refractivity (Wildman–Crippen MR) is 86.3 cm³/mol. The third-order valence-electron chi connectivity index (χ3n) is 3.24. The van der Waals surface area contributed by atoms with Crippen molar-refractivity contribution in [2.75, 3.05) is 4.90 Å². The average Bonchev–Trinajstić information content (AvgIpc) is 2.55. The summed E-state index contributed by atoms with van der Waals surface area (Å²) in [4.78, 5) is 35.6. The molecule has 2 aromatic rings. The summed E-state index contributed by atoms with van der Waals surface area (Å²) in [6.45, 7) is 0.0631. The van der Waals surface area contributed by atoms with Gasteiger partial charge in [0.1, 0.15) is 5.82 Å². The number of halogens is 2. The smallest absolute Gasteiger partial charge is 0.372 e. The van der Waals surface area contributed by atoms with Crippen LogP contribution in [0.5, 0.6) is 0 Å². The fourth-order valence-electron chi connectivity index (χ4n) is 2.03. The second kappa shape index (κ2) is 7.70. The van der Waals surface area contributed by atoms with Gasteiger partial charge in [-0.2, -0.15) is 0 Å². The van der Waals surface area contributed by atoms with Gasteiger partial charge in [0.2, 0.25) is 11.7 Å². The monoisotopic (exact) mass is 349 g/mol. The standard InChI is InChI=1S/C17H13ClFNO4/c18-12-3-7-14(8-4-12)20(16(22)9-15(21)17(23)24)10-11-1-5-13(19)6-2-11/h1-8H,9-10H2,(H,23,24). The number of rotatable bonds is 6. The lowest BCUT2D eigenvalue weighted by atomic mass is 10.1. The molecular formula is C17H13ClFNO4. The number of nitrogens with zero attached hydrogens (tertiary/aromatic N) is 1. The largest absolute Gasteiger partial charge is 0.475 e. The summed E-state index contributed by atoms with van der Waals surface area (Å²) >= 11 is 5.82. The van der Waals surface area contributed by atoms with Crippen molar-refractivity contribution >= 4 is 34.9 Å². The molecule has 2 aromatic carbocycles. The van der Waals surface area contributed by atoms with Gasteiger partial charge in [0.15, 0.2) is 0 Å². The number of Topliss-reactive ketones (excluding diaryl/α,β-unsaturated/α-hetero) is 1. The van der Waals surface area contributed by atoms with E-state index in [4.69, 9.17) is 16.7 Å². The van der Waals surface area contributed by atoms with Gasteiger partial charge in [-0.15, -0.1) is 0 Å². The molecule has 0 radical (unpaired) electrons. The molecule has 0 saturated heterocycles. The second-order valence-corrected chi connectivity index (χ2v) is 5.42. The fraction of sp³-hybridized carbons (Fsp3) is 0.118. The summed E-state index contributed by atoms with van der Waals surface area (Å²) in [5.74, 6) is -3.95. The van der Waals surface area contributed by atoms with Gasteiger partial charge < -0.3 is 10.0 Å². The minimum Gasteiger partial charge on any atom is -0.475 e. The summed E-state index contributed by atoms with van der Waals surface area (Å²) in [6, 6.07) is 11.8. The Labute approximate surface area is 142 Å². The molecule has 0 aliphatic heterocycles. The number of carboxylic acids is 1. The highest BCUT2D eigenvalue weighted by Crippen LogP contribution is 2.21. The zero-order valence-corrected chi connectivity index (χ0v) is 13.2. The van der Waals surface area contributed by atoms with Crippen molar-refractivity contribution < 1.29 is 23.9 Å². The first kappa shape index (κ1) is 17.6. The SMILES string of the molecule is O=C(O)C(=O)CC(=O)N(Cc1ccc(F)cc1)c1ccc(Cl)cc1. The number of carbonyl (C=O) groups is 3. The number of hydrogen-bond donors (Lipinski definition) is 1. The minimum atomic E-state index is -1.67. The molecule has 1 N–H and O–H groups in total. The molecule has 0 aromatic heterocycles. The van der Waals surface area contributed by atoms with Crippen LogP contribution in [0.1, 0.15) is 12.0 Å². The van der Waals surface area contributed by atoms with Crippen LogP contribution in [0.3, 0.4) is 0 Å². The summed E-state index contributed by atoms with van der Waals surface area (Å²) in [7, 11) is 0. The Morgan fingerprint density at radius 2 is 1.58 bits per heavy atom. The number of carbonyl (C=O) groups excluding carboxylic acids is 2. The van der Waals surface area contributed by atoms with Gasteiger partial charge in [0.25, 0.3) is 0 Å². The Morgan fingerprint density at radius 1 is 1.00 bits per heavy atom. The van der Waals surface area contributed by atoms with Crippen LogP contribution in [0, 0.1) is 5.82 Å². The van der Waals surface area contributed by atoms with Crippen LogP contribution in [-0.4, -0.2) is 22.8 Å². The van der Waals surface area contributed by atoms with Crippen molar-refractivity contribution in [1.29, 1.82) is 0 Å². The first-order valence-electron chi connectivity index (χ1n) is 6.93. The van der Waals surface area contributed by atoms with E-state index in [1.165, 1.54) is 29.2 Å². The van der Waals surface area contributed by atoms with E-state index in [1.807, 2.05) is 0 Å². The number of amides is 1. The highest BCUT2D eigenvalue weighted by atomic mass is 35.5. The number of hydrogen-bond acceptors (Lipinski definition) is 3. The fourth-order valence-corrected chi connectivity index (χ4v) is 2.15. The lowest BCUT2D eigenvalue weighted by Gasteiger charge is -2.22. The van der Waals surface area contributed by atoms with Gasteiger partial charge >= 0.3 is 5.97 Å². The van der Waals surface area contributed by atoms with Gasteiger partial charge in [0.05, 0.1) is 13.0 Å². The number of carboxylic acid groups (broad SMARTS) is 1. The topological polar surface area (TPSA) is 74.7 Å². The maximum atomic E-state index is 13.0. The molecule has 0 atom stereocenters. The number of aliphatic carboxylic acids is 1. The van der Waals surface area contributed by atoms with Crippen LogP contribution in [0.4, 0.5) is 10.1 Å². The predicted octanol–water partition coefficient (Wildman–Crippen LogP) is 3.06. The lowest BCUT2D eigenvalue weighted by molar-refractivity contribution is -0.150. The highest BCUT2D eigenvalue weighted by Gasteiger charge is 2.23. The Bertz CT molecular complexity index is 759. The molecule has 1 amide bonds. The average molecular weight is 350 g/mol. The molecule has 124 valence electrons. The second-order valence-electron chi connectivity index (χ2n) is 4.99. The number of benzene rings is 2. The van der Waals surface area contributed by atoms with E-state index in [2.05, 4.69) is 0 Å². The Balaban J connectivity index is 2.28. The maximum Gasteiger partial charge on any atom is 0.372 e. The minimum absolute atomic E-state index is 0.0631. The van der Waals surface area contributed by atoms with E-state index < -0.39 is 29.9 Å². The van der Waals surface area contributed by atoms with Gasteiger partial charge in [-0.25, -0.2) is 9.18 Å². The highest BCUT2D eigenvalue weighted by molar-refractivity contribution is 6.37. The van der Waals surface area contributed by atoms with Crippen molar-refractivity contribution in [2.24, 2.45) is 0 Å². The molecule has 0 spiro atoms. The van der Waals surface area contributed by atoms with Gasteiger partial charge in [0, 0.05) is 10.7 Å². The van der Waals surface area contributed by atoms with Crippen LogP contribution in [0.2, 0.25) is 5.02 Å². The molecule has 0 unspecified atom stereocenters. The molecule has 24 heavy (non-hydrogen) atoms. The summed E-state index contributed by atoms with van der Waals surface area (Å²) in [5.41, 5.74) is 1.08. The molecule has 0 bridgehead atoms. The molecule has 0 heterocycles. The van der Waals surface area contributed by atoms with E-state index >= 15 is 0 Å². The molecule has 0 aliphatic rings. The van der Waals surface area contributed by atoms with Gasteiger partial charge in [-0.3, -0.25) is 9.59 Å². The summed E-state index contributed by atoms with van der Waals surface area (Å²) < 4.78 is 13.0. The van der Waals surface area contributed by atoms with Crippen LogP contribution in [0.25, 0.3) is 0 Å². The van der Waals surface area contributed by atoms with Crippen molar-refractivity contribution in [3.05, 3.63) is 64.9 Å². The van der Waals surface area contributed by atoms with Gasteiger partial charge in [-0.1, -0.05) is 23.7 Å². The van der Waals surface area contributed by atoms with Crippen LogP contribution < -0.4 is 4.90 Å². The summed E-state index contributed by atoms with van der Waals surface area (Å²) in [6.07, 6.45) is -0.765. The molecule has 5 nitrogen and oxygen atoms in total. The van der Waals surface area contributed by atoms with Crippen molar-refractivity contribution in [3.8, 4) is 0 Å². The first-order valence-corrected chi connectivity index (χ1v) is 7.31. The van der Waals surface area contributed by atoms with E-state index in [0.717, 1.165) is 0 Å². The summed E-state index contributed by atoms with van der Waals surface area (Å²) in [5, 5.41) is 9.13. The van der Waals surface area contributed by atoms with E-state index in [1.54, 1.807) is 24.3 Å². The van der Waals surface area contributed by atoms with Crippen LogP contribution in [0.15, 0.2) is 48.5 Å².